The maximum Gasteiger partial charge on any atom is 0.273 e. The van der Waals surface area contributed by atoms with Gasteiger partial charge in [0.15, 0.2) is 0 Å². The molecule has 112 valence electrons. The number of carbonyl (C=O) groups is 1. The fourth-order valence-corrected chi connectivity index (χ4v) is 3.26. The second-order valence-corrected chi connectivity index (χ2v) is 5.99. The topological polar surface area (TPSA) is 37.6 Å². The van der Waals surface area contributed by atoms with E-state index in [0.29, 0.717) is 6.04 Å². The molecule has 1 aliphatic rings. The van der Waals surface area contributed by atoms with Crippen LogP contribution in [0.1, 0.15) is 54.9 Å². The van der Waals surface area contributed by atoms with Crippen molar-refractivity contribution in [3.8, 4) is 0 Å². The summed E-state index contributed by atoms with van der Waals surface area (Å²) in [4.78, 5) is 19.8. The maximum absolute atomic E-state index is 13.0. The Balaban J connectivity index is 2.10. The van der Waals surface area contributed by atoms with Gasteiger partial charge in [0, 0.05) is 18.8 Å². The number of pyridine rings is 1. The van der Waals surface area contributed by atoms with E-state index in [2.05, 4.69) is 18.8 Å². The normalized spacial score (nSPS) is 19.2. The molecule has 1 saturated heterocycles. The molecule has 1 atom stereocenters. The molecule has 21 heavy (non-hydrogen) atoms. The summed E-state index contributed by atoms with van der Waals surface area (Å²) in [5.74, 6) is 0.136. The molecule has 0 aromatic carbocycles. The number of hydrogen-bond donors (Lipinski definition) is 0. The van der Waals surface area contributed by atoms with Crippen LogP contribution in [0.5, 0.6) is 0 Å². The Bertz CT molecular complexity index is 674. The number of carbonyl (C=O) groups excluding carboxylic acids is 1. The van der Waals surface area contributed by atoms with Crippen molar-refractivity contribution in [1.29, 1.82) is 0 Å². The molecule has 4 heteroatoms. The SMILES string of the molecule is CCc1nc2c(C)cccn2c1C(=O)N1CCCCC1C. The fraction of sp³-hybridized carbons (Fsp3) is 0.529. The number of piperidine rings is 1. The van der Waals surface area contributed by atoms with Crippen LogP contribution >= 0.6 is 0 Å². The van der Waals surface area contributed by atoms with Crippen molar-refractivity contribution in [1.82, 2.24) is 14.3 Å². The Morgan fingerprint density at radius 1 is 1.43 bits per heavy atom. The predicted molar refractivity (Wildman–Crippen MR) is 83.7 cm³/mol. The van der Waals surface area contributed by atoms with Crippen molar-refractivity contribution in [2.75, 3.05) is 6.54 Å². The number of likely N-dealkylation sites (tertiary alicyclic amines) is 1. The highest BCUT2D eigenvalue weighted by Crippen LogP contribution is 2.23. The summed E-state index contributed by atoms with van der Waals surface area (Å²) in [7, 11) is 0. The van der Waals surface area contributed by atoms with Gasteiger partial charge in [-0.25, -0.2) is 4.98 Å². The van der Waals surface area contributed by atoms with Crippen LogP contribution < -0.4 is 0 Å². The summed E-state index contributed by atoms with van der Waals surface area (Å²) >= 11 is 0. The van der Waals surface area contributed by atoms with Crippen LogP contribution in [0.3, 0.4) is 0 Å². The Morgan fingerprint density at radius 2 is 2.24 bits per heavy atom. The van der Waals surface area contributed by atoms with Gasteiger partial charge in [0.1, 0.15) is 11.3 Å². The van der Waals surface area contributed by atoms with Gasteiger partial charge in [-0.05, 0) is 51.2 Å². The van der Waals surface area contributed by atoms with E-state index in [0.717, 1.165) is 48.4 Å². The lowest BCUT2D eigenvalue weighted by molar-refractivity contribution is 0.0627. The van der Waals surface area contributed by atoms with E-state index >= 15 is 0 Å². The molecule has 3 heterocycles. The third-order valence-corrected chi connectivity index (χ3v) is 4.52. The van der Waals surface area contributed by atoms with E-state index in [4.69, 9.17) is 0 Å². The molecule has 4 nitrogen and oxygen atoms in total. The van der Waals surface area contributed by atoms with E-state index in [-0.39, 0.29) is 5.91 Å². The van der Waals surface area contributed by atoms with Gasteiger partial charge in [-0.3, -0.25) is 9.20 Å². The van der Waals surface area contributed by atoms with Crippen molar-refractivity contribution in [3.63, 3.8) is 0 Å². The highest BCUT2D eigenvalue weighted by molar-refractivity contribution is 5.95. The van der Waals surface area contributed by atoms with Gasteiger partial charge in [0.05, 0.1) is 5.69 Å². The van der Waals surface area contributed by atoms with Crippen LogP contribution in [0.15, 0.2) is 18.3 Å². The quantitative estimate of drug-likeness (QED) is 0.849. The zero-order chi connectivity index (χ0) is 15.0. The lowest BCUT2D eigenvalue weighted by Crippen LogP contribution is -2.42. The van der Waals surface area contributed by atoms with Gasteiger partial charge in [-0.1, -0.05) is 13.0 Å². The smallest absolute Gasteiger partial charge is 0.273 e. The summed E-state index contributed by atoms with van der Waals surface area (Å²) < 4.78 is 1.97. The molecule has 2 aromatic heterocycles. The third-order valence-electron chi connectivity index (χ3n) is 4.52. The Labute approximate surface area is 125 Å². The van der Waals surface area contributed by atoms with Gasteiger partial charge in [-0.15, -0.1) is 0 Å². The molecular formula is C17H23N3O. The van der Waals surface area contributed by atoms with Crippen LogP contribution in [0, 0.1) is 6.92 Å². The molecule has 0 bridgehead atoms. The van der Waals surface area contributed by atoms with Gasteiger partial charge in [-0.2, -0.15) is 0 Å². The van der Waals surface area contributed by atoms with Crippen molar-refractivity contribution in [2.45, 2.75) is 52.5 Å². The van der Waals surface area contributed by atoms with Crippen molar-refractivity contribution >= 4 is 11.6 Å². The van der Waals surface area contributed by atoms with Crippen LogP contribution in [0.2, 0.25) is 0 Å². The molecule has 1 aliphatic heterocycles. The standard InChI is InChI=1S/C17H23N3O/c1-4-14-15(17(21)19-10-6-5-9-13(19)3)20-11-7-8-12(2)16(20)18-14/h7-8,11,13H,4-6,9-10H2,1-3H3. The molecule has 0 saturated carbocycles. The average molecular weight is 285 g/mol. The first kappa shape index (κ1) is 14.1. The number of amides is 1. The van der Waals surface area contributed by atoms with Crippen molar-refractivity contribution in [2.24, 2.45) is 0 Å². The van der Waals surface area contributed by atoms with Crippen LogP contribution in [-0.2, 0) is 6.42 Å². The van der Waals surface area contributed by atoms with Crippen LogP contribution in [0.4, 0.5) is 0 Å². The van der Waals surface area contributed by atoms with E-state index in [1.807, 2.05) is 34.6 Å². The monoisotopic (exact) mass is 285 g/mol. The second kappa shape index (κ2) is 5.51. The molecule has 3 rings (SSSR count). The molecule has 1 fully saturated rings. The van der Waals surface area contributed by atoms with Crippen molar-refractivity contribution < 1.29 is 4.79 Å². The minimum Gasteiger partial charge on any atom is -0.335 e. The molecule has 0 radical (unpaired) electrons. The summed E-state index contributed by atoms with van der Waals surface area (Å²) in [6.45, 7) is 7.12. The number of hydrogen-bond acceptors (Lipinski definition) is 2. The average Bonchev–Trinajstić information content (AvgIpc) is 2.87. The number of rotatable bonds is 2. The number of aromatic nitrogens is 2. The second-order valence-electron chi connectivity index (χ2n) is 5.99. The first-order valence-electron chi connectivity index (χ1n) is 7.91. The largest absolute Gasteiger partial charge is 0.335 e. The molecule has 2 aromatic rings. The molecule has 1 unspecified atom stereocenters. The highest BCUT2D eigenvalue weighted by atomic mass is 16.2. The molecule has 0 aliphatic carbocycles. The number of fused-ring (bicyclic) bond motifs is 1. The number of aryl methyl sites for hydroxylation is 2. The predicted octanol–water partition coefficient (Wildman–Crippen LogP) is 3.22. The van der Waals surface area contributed by atoms with Gasteiger partial charge in [0.25, 0.3) is 5.91 Å². The molecular weight excluding hydrogens is 262 g/mol. The Morgan fingerprint density at radius 3 is 2.95 bits per heavy atom. The minimum atomic E-state index is 0.136. The maximum atomic E-state index is 13.0. The van der Waals surface area contributed by atoms with Gasteiger partial charge >= 0.3 is 0 Å². The summed E-state index contributed by atoms with van der Waals surface area (Å²) in [5.41, 5.74) is 3.68. The number of imidazole rings is 1. The lowest BCUT2D eigenvalue weighted by atomic mass is 10.0. The van der Waals surface area contributed by atoms with Crippen LogP contribution in [-0.4, -0.2) is 32.8 Å². The number of nitrogens with zero attached hydrogens (tertiary/aromatic N) is 3. The van der Waals surface area contributed by atoms with Gasteiger partial charge < -0.3 is 4.90 Å². The molecule has 0 N–H and O–H groups in total. The first-order valence-corrected chi connectivity index (χ1v) is 7.91. The zero-order valence-electron chi connectivity index (χ0n) is 13.1. The first-order chi connectivity index (χ1) is 10.1. The highest BCUT2D eigenvalue weighted by Gasteiger charge is 2.28. The Kier molecular flexibility index (Phi) is 3.70. The van der Waals surface area contributed by atoms with Gasteiger partial charge in [0.2, 0.25) is 0 Å². The molecule has 0 spiro atoms. The van der Waals surface area contributed by atoms with E-state index < -0.39 is 0 Å². The third kappa shape index (κ3) is 2.33. The van der Waals surface area contributed by atoms with E-state index in [1.165, 1.54) is 6.42 Å². The van der Waals surface area contributed by atoms with E-state index in [1.54, 1.807) is 0 Å². The molecule has 1 amide bonds. The zero-order valence-corrected chi connectivity index (χ0v) is 13.1. The van der Waals surface area contributed by atoms with Crippen molar-refractivity contribution in [3.05, 3.63) is 35.3 Å². The summed E-state index contributed by atoms with van der Waals surface area (Å²) in [6.07, 6.45) is 6.16. The summed E-state index contributed by atoms with van der Waals surface area (Å²) in [5, 5.41) is 0. The minimum absolute atomic E-state index is 0.136. The lowest BCUT2D eigenvalue weighted by Gasteiger charge is -2.33. The fourth-order valence-electron chi connectivity index (χ4n) is 3.26. The summed E-state index contributed by atoms with van der Waals surface area (Å²) in [6, 6.07) is 4.35. The van der Waals surface area contributed by atoms with E-state index in [9.17, 15) is 4.79 Å². The Hall–Kier alpha value is -1.84. The van der Waals surface area contributed by atoms with Crippen LogP contribution in [0.25, 0.3) is 5.65 Å².